The Bertz CT molecular complexity index is 828. The molecular formula is C12H13N7O. The van der Waals surface area contributed by atoms with Gasteiger partial charge >= 0.3 is 0 Å². The minimum Gasteiger partial charge on any atom is -0.280 e. The molecule has 3 aromatic rings. The van der Waals surface area contributed by atoms with Crippen molar-refractivity contribution in [3.63, 3.8) is 0 Å². The van der Waals surface area contributed by atoms with E-state index in [9.17, 15) is 4.79 Å². The number of rotatable bonds is 2. The number of aromatic amines is 1. The van der Waals surface area contributed by atoms with Crippen LogP contribution in [0.1, 0.15) is 22.9 Å². The minimum absolute atomic E-state index is 0.177. The second-order valence-corrected chi connectivity index (χ2v) is 4.66. The molecule has 0 spiro atoms. The van der Waals surface area contributed by atoms with Crippen molar-refractivity contribution < 1.29 is 0 Å². The molecule has 0 aromatic carbocycles. The Balaban J connectivity index is 2.06. The molecule has 0 saturated carbocycles. The van der Waals surface area contributed by atoms with Crippen molar-refractivity contribution in [3.05, 3.63) is 39.3 Å². The lowest BCUT2D eigenvalue weighted by molar-refractivity contribution is 0.578. The number of nitrogens with one attached hydrogen (secondary N) is 1. The zero-order valence-corrected chi connectivity index (χ0v) is 11.4. The Kier molecular flexibility index (Phi) is 2.78. The number of nitrogens with zero attached hydrogens (tertiary/aromatic N) is 6. The number of aromatic nitrogens is 7. The van der Waals surface area contributed by atoms with Crippen LogP contribution in [0.4, 0.5) is 0 Å². The van der Waals surface area contributed by atoms with E-state index in [1.807, 2.05) is 19.9 Å². The van der Waals surface area contributed by atoms with E-state index in [-0.39, 0.29) is 17.6 Å². The third-order valence-corrected chi connectivity index (χ3v) is 2.92. The van der Waals surface area contributed by atoms with Crippen LogP contribution in [0.15, 0.2) is 10.9 Å². The van der Waals surface area contributed by atoms with E-state index in [0.29, 0.717) is 11.3 Å². The molecule has 3 aromatic heterocycles. The average Bonchev–Trinajstić information content (AvgIpc) is 2.74. The summed E-state index contributed by atoms with van der Waals surface area (Å²) in [7, 11) is 0. The van der Waals surface area contributed by atoms with Gasteiger partial charge in [-0.1, -0.05) is 5.21 Å². The van der Waals surface area contributed by atoms with Crippen molar-refractivity contribution >= 4 is 11.0 Å². The van der Waals surface area contributed by atoms with E-state index in [1.54, 1.807) is 6.92 Å². The summed E-state index contributed by atoms with van der Waals surface area (Å²) in [5, 5.41) is 14.6. The van der Waals surface area contributed by atoms with Crippen LogP contribution in [0, 0.1) is 20.8 Å². The highest BCUT2D eigenvalue weighted by Crippen LogP contribution is 2.06. The van der Waals surface area contributed by atoms with Crippen LogP contribution in [-0.2, 0) is 6.54 Å². The molecule has 8 nitrogen and oxygen atoms in total. The third kappa shape index (κ3) is 2.04. The normalized spacial score (nSPS) is 11.2. The molecule has 0 aliphatic carbocycles. The third-order valence-electron chi connectivity index (χ3n) is 2.92. The number of H-pyrrole nitrogens is 1. The molecular weight excluding hydrogens is 258 g/mol. The van der Waals surface area contributed by atoms with E-state index < -0.39 is 0 Å². The van der Waals surface area contributed by atoms with E-state index in [0.717, 1.165) is 17.1 Å². The molecule has 102 valence electrons. The fourth-order valence-electron chi connectivity index (χ4n) is 2.06. The number of aryl methyl sites for hydroxylation is 3. The van der Waals surface area contributed by atoms with E-state index in [2.05, 4.69) is 30.5 Å². The molecule has 3 heterocycles. The van der Waals surface area contributed by atoms with Crippen LogP contribution >= 0.6 is 0 Å². The molecule has 0 amide bonds. The van der Waals surface area contributed by atoms with Crippen LogP contribution in [0.25, 0.3) is 11.0 Å². The molecule has 1 N–H and O–H groups in total. The molecule has 0 fully saturated rings. The zero-order chi connectivity index (χ0) is 14.3. The van der Waals surface area contributed by atoms with E-state index >= 15 is 0 Å². The Morgan fingerprint density at radius 2 is 1.85 bits per heavy atom. The summed E-state index contributed by atoms with van der Waals surface area (Å²) in [4.78, 5) is 20.8. The first-order valence-electron chi connectivity index (χ1n) is 6.14. The van der Waals surface area contributed by atoms with Crippen molar-refractivity contribution in [1.82, 2.24) is 35.2 Å². The van der Waals surface area contributed by atoms with Gasteiger partial charge in [-0.15, -0.1) is 5.10 Å². The van der Waals surface area contributed by atoms with Crippen molar-refractivity contribution in [3.8, 4) is 0 Å². The highest BCUT2D eigenvalue weighted by Gasteiger charge is 2.12. The molecule has 8 heteroatoms. The highest BCUT2D eigenvalue weighted by molar-refractivity contribution is 5.74. The van der Waals surface area contributed by atoms with E-state index in [1.165, 1.54) is 4.68 Å². The maximum absolute atomic E-state index is 12.2. The van der Waals surface area contributed by atoms with Gasteiger partial charge in [0.15, 0.2) is 5.52 Å². The lowest BCUT2D eigenvalue weighted by atomic mass is 10.3. The maximum Gasteiger partial charge on any atom is 0.298 e. The van der Waals surface area contributed by atoms with Crippen molar-refractivity contribution in [1.29, 1.82) is 0 Å². The Morgan fingerprint density at radius 3 is 2.55 bits per heavy atom. The topological polar surface area (TPSA) is 102 Å². The molecule has 0 aliphatic rings. The lowest BCUT2D eigenvalue weighted by Gasteiger charge is -2.04. The van der Waals surface area contributed by atoms with Gasteiger partial charge in [-0.2, -0.15) is 5.10 Å². The van der Waals surface area contributed by atoms with Crippen LogP contribution in [0.5, 0.6) is 0 Å². The molecule has 3 rings (SSSR count). The van der Waals surface area contributed by atoms with Gasteiger partial charge in [0.05, 0.1) is 5.69 Å². The summed E-state index contributed by atoms with van der Waals surface area (Å²) >= 11 is 0. The minimum atomic E-state index is -0.304. The molecule has 0 bridgehead atoms. The molecule has 20 heavy (non-hydrogen) atoms. The summed E-state index contributed by atoms with van der Waals surface area (Å²) in [6.45, 7) is 5.73. The second-order valence-electron chi connectivity index (χ2n) is 4.66. The van der Waals surface area contributed by atoms with Crippen molar-refractivity contribution in [2.45, 2.75) is 27.3 Å². The smallest absolute Gasteiger partial charge is 0.280 e. The molecule has 0 aliphatic heterocycles. The van der Waals surface area contributed by atoms with Crippen LogP contribution in [-0.4, -0.2) is 35.2 Å². The first kappa shape index (κ1) is 12.4. The highest BCUT2D eigenvalue weighted by atomic mass is 16.1. The largest absolute Gasteiger partial charge is 0.298 e. The van der Waals surface area contributed by atoms with Crippen molar-refractivity contribution in [2.24, 2.45) is 0 Å². The van der Waals surface area contributed by atoms with Gasteiger partial charge in [-0.25, -0.2) is 14.6 Å². The number of hydrogen-bond acceptors (Lipinski definition) is 6. The van der Waals surface area contributed by atoms with Gasteiger partial charge < -0.3 is 0 Å². The zero-order valence-electron chi connectivity index (χ0n) is 11.4. The Hall–Kier alpha value is -2.64. The molecule has 0 radical (unpaired) electrons. The van der Waals surface area contributed by atoms with Crippen LogP contribution in [0.2, 0.25) is 0 Å². The van der Waals surface area contributed by atoms with Crippen molar-refractivity contribution in [2.75, 3.05) is 0 Å². The molecule has 0 unspecified atom stereocenters. The number of hydrogen-bond donors (Lipinski definition) is 1. The summed E-state index contributed by atoms with van der Waals surface area (Å²) < 4.78 is 1.22. The molecule has 0 saturated heterocycles. The predicted molar refractivity (Wildman–Crippen MR) is 71.3 cm³/mol. The van der Waals surface area contributed by atoms with Crippen LogP contribution in [0.3, 0.4) is 0 Å². The first-order chi connectivity index (χ1) is 9.54. The standard InChI is InChI=1S/C12H13N7O/c1-6-4-7(2)14-9(13-6)5-19-12(20)11-10(17-18-19)8(3)15-16-11/h4H,5H2,1-3H3,(H,15,16). The summed E-state index contributed by atoms with van der Waals surface area (Å²) in [6, 6.07) is 1.87. The van der Waals surface area contributed by atoms with Crippen LogP contribution < -0.4 is 5.56 Å². The quantitative estimate of drug-likeness (QED) is 0.718. The van der Waals surface area contributed by atoms with Gasteiger partial charge in [-0.3, -0.25) is 9.89 Å². The first-order valence-corrected chi connectivity index (χ1v) is 6.14. The fraction of sp³-hybridized carbons (Fsp3) is 0.333. The van der Waals surface area contributed by atoms with Gasteiger partial charge in [0.2, 0.25) is 0 Å². The van der Waals surface area contributed by atoms with Gasteiger partial charge in [0, 0.05) is 11.4 Å². The predicted octanol–water partition coefficient (Wildman–Crippen LogP) is 0.278. The van der Waals surface area contributed by atoms with Gasteiger partial charge in [-0.05, 0) is 26.8 Å². The average molecular weight is 271 g/mol. The Morgan fingerprint density at radius 1 is 1.15 bits per heavy atom. The van der Waals surface area contributed by atoms with Gasteiger partial charge in [0.1, 0.15) is 17.9 Å². The summed E-state index contributed by atoms with van der Waals surface area (Å²) in [5.41, 5.74) is 2.89. The summed E-state index contributed by atoms with van der Waals surface area (Å²) in [6.07, 6.45) is 0. The van der Waals surface area contributed by atoms with Gasteiger partial charge in [0.25, 0.3) is 5.56 Å². The fourth-order valence-corrected chi connectivity index (χ4v) is 2.06. The molecule has 0 atom stereocenters. The second kappa shape index (κ2) is 4.48. The lowest BCUT2D eigenvalue weighted by Crippen LogP contribution is -2.26. The SMILES string of the molecule is Cc1cc(C)nc(Cn2nnc3c(C)[nH]nc3c2=O)n1. The van der Waals surface area contributed by atoms with E-state index in [4.69, 9.17) is 0 Å². The Labute approximate surface area is 113 Å². The summed E-state index contributed by atoms with van der Waals surface area (Å²) in [5.74, 6) is 0.533. The monoisotopic (exact) mass is 271 g/mol. The maximum atomic E-state index is 12.2. The number of fused-ring (bicyclic) bond motifs is 1.